The lowest BCUT2D eigenvalue weighted by Crippen LogP contribution is -1.33. The summed E-state index contributed by atoms with van der Waals surface area (Å²) in [5, 5.41) is 0. The van der Waals surface area contributed by atoms with Crippen LogP contribution in [0.5, 0.6) is 0 Å². The smallest absolute Gasteiger partial charge is 0.263 e. The third-order valence-corrected chi connectivity index (χ3v) is 0. The third kappa shape index (κ3) is 2450. The van der Waals surface area contributed by atoms with E-state index < -0.39 is 6.08 Å². The van der Waals surface area contributed by atoms with Gasteiger partial charge in [-0.05, 0) is 6.58 Å². The van der Waals surface area contributed by atoms with E-state index in [9.17, 15) is 8.78 Å². The van der Waals surface area contributed by atoms with E-state index in [1.54, 1.807) is 9.12 Å². The summed E-state index contributed by atoms with van der Waals surface area (Å²) in [5.74, 6) is 0. The maximum atomic E-state index is 10.1. The molecule has 0 aromatic rings. The van der Waals surface area contributed by atoms with Gasteiger partial charge in [0.1, 0.15) is 9.12 Å². The second-order valence-corrected chi connectivity index (χ2v) is 0.339. The Kier molecular flexibility index (Phi) is 395. The van der Waals surface area contributed by atoms with Gasteiger partial charge in [0, 0.05) is 0 Å². The maximum absolute atomic E-state index is 10.1. The Hall–Kier alpha value is -0.370. The molecule has 0 rings (SSSR count). The van der Waals surface area contributed by atoms with Gasteiger partial charge >= 0.3 is 0 Å². The Bertz CT molecular complexity index is 48.2. The highest BCUT2D eigenvalue weighted by atomic mass is 31.0. The molecule has 0 amide bonds. The second kappa shape index (κ2) is 72.6. The van der Waals surface area contributed by atoms with Gasteiger partial charge in [0.25, 0.3) is 6.08 Å². The Labute approximate surface area is 63.1 Å². The number of hydrogen-bond acceptors (Lipinski definition) is 1. The molecular weight excluding hydrogens is 164 g/mol. The predicted octanol–water partition coefficient (Wildman–Crippen LogP) is 3.93. The van der Waals surface area contributed by atoms with Crippen LogP contribution >= 0.6 is 9.12 Å². The van der Waals surface area contributed by atoms with Gasteiger partial charge in [-0.25, -0.2) is 0 Å². The molecule has 0 aromatic heterocycles. The summed E-state index contributed by atoms with van der Waals surface area (Å²) in [4.78, 5) is 0. The molecule has 0 fully saturated rings. The largest absolute Gasteiger partial charge is 0.279 e. The summed E-state index contributed by atoms with van der Waals surface area (Å²) in [6, 6.07) is 0. The molecule has 10 heavy (non-hydrogen) atoms. The fraction of sp³-hybridized carbons (Fsp3) is 0.600. The Morgan fingerprint density at radius 2 is 1.10 bits per heavy atom. The van der Waals surface area contributed by atoms with Crippen molar-refractivity contribution in [1.82, 2.24) is 0 Å². The first-order valence-electron chi connectivity index (χ1n) is 0.936. The quantitative estimate of drug-likeness (QED) is 0.516. The maximum Gasteiger partial charge on any atom is 0.263 e. The fourth-order valence-corrected chi connectivity index (χ4v) is 0. The van der Waals surface area contributed by atoms with Crippen molar-refractivity contribution >= 4 is 9.12 Å². The van der Waals surface area contributed by atoms with Crippen molar-refractivity contribution in [1.29, 1.82) is 0 Å². The zero-order valence-electron chi connectivity index (χ0n) is 3.28. The van der Waals surface area contributed by atoms with Crippen LogP contribution < -0.4 is 0 Å². The first-order valence-corrected chi connectivity index (χ1v) is 1.34. The molecule has 5 heteroatoms. The zero-order chi connectivity index (χ0) is 5.58. The SMILES string of the molecule is C.C.C.C=C(F)F.F.O=P. The van der Waals surface area contributed by atoms with E-state index in [1.165, 1.54) is 0 Å². The molecule has 0 saturated carbocycles. The van der Waals surface area contributed by atoms with E-state index in [4.69, 9.17) is 4.57 Å². The molecule has 1 nitrogen and oxygen atoms in total. The van der Waals surface area contributed by atoms with Gasteiger partial charge in [0.05, 0.1) is 0 Å². The number of halogens is 3. The molecule has 0 aliphatic carbocycles. The monoisotopic (exact) mass is 180 g/mol. The van der Waals surface area contributed by atoms with Crippen molar-refractivity contribution in [2.24, 2.45) is 0 Å². The van der Waals surface area contributed by atoms with E-state index in [0.717, 1.165) is 0 Å². The molecule has 0 spiro atoms. The van der Waals surface area contributed by atoms with Crippen LogP contribution in [-0.2, 0) is 4.57 Å². The van der Waals surface area contributed by atoms with Gasteiger partial charge < -0.3 is 0 Å². The molecule has 68 valence electrons. The molecule has 0 atom stereocenters. The normalized spacial score (nSPS) is 3.00. The van der Waals surface area contributed by atoms with Crippen LogP contribution in [0.2, 0.25) is 0 Å². The molecule has 0 radical (unpaired) electrons. The topological polar surface area (TPSA) is 17.1 Å². The Morgan fingerprint density at radius 3 is 1.10 bits per heavy atom. The van der Waals surface area contributed by atoms with Crippen LogP contribution in [-0.4, -0.2) is 0 Å². The molecule has 0 bridgehead atoms. The third-order valence-electron chi connectivity index (χ3n) is 0. The van der Waals surface area contributed by atoms with E-state index in [1.807, 2.05) is 0 Å². The lowest BCUT2D eigenvalue weighted by atomic mass is 11.2. The van der Waals surface area contributed by atoms with Crippen LogP contribution in [0.4, 0.5) is 13.5 Å². The van der Waals surface area contributed by atoms with Crippen LogP contribution in [0.25, 0.3) is 0 Å². The van der Waals surface area contributed by atoms with Crippen molar-refractivity contribution < 1.29 is 18.1 Å². The Balaban J connectivity index is -0.00000000625. The highest BCUT2D eigenvalue weighted by molar-refractivity contribution is 7.00. The number of hydrogen-bond donors (Lipinski definition) is 0. The summed E-state index contributed by atoms with van der Waals surface area (Å²) in [7, 11) is 1.72. The molecule has 0 saturated heterocycles. The van der Waals surface area contributed by atoms with Crippen LogP contribution in [0.3, 0.4) is 0 Å². The number of rotatable bonds is 0. The van der Waals surface area contributed by atoms with E-state index in [2.05, 4.69) is 6.58 Å². The van der Waals surface area contributed by atoms with E-state index in [-0.39, 0.29) is 27.0 Å². The molecule has 0 aliphatic rings. The first kappa shape index (κ1) is 54.4. The minimum atomic E-state index is -1.83. The van der Waals surface area contributed by atoms with Gasteiger partial charge in [-0.1, -0.05) is 22.3 Å². The van der Waals surface area contributed by atoms with Crippen molar-refractivity contribution in [3.8, 4) is 0 Å². The molecule has 0 N–H and O–H groups in total. The van der Waals surface area contributed by atoms with Gasteiger partial charge in [0.15, 0.2) is 0 Å². The molecule has 0 heterocycles. The van der Waals surface area contributed by atoms with Crippen LogP contribution in [0.1, 0.15) is 22.3 Å². The van der Waals surface area contributed by atoms with Crippen molar-refractivity contribution in [3.63, 3.8) is 0 Å². The summed E-state index contributed by atoms with van der Waals surface area (Å²) in [6.07, 6.45) is -1.83. The molecular formula is C5H16F3OP. The van der Waals surface area contributed by atoms with Crippen molar-refractivity contribution in [2.75, 3.05) is 0 Å². The average molecular weight is 180 g/mol. The summed E-state index contributed by atoms with van der Waals surface area (Å²) >= 11 is 0. The summed E-state index contributed by atoms with van der Waals surface area (Å²) < 4.78 is 28.3. The molecule has 0 aromatic carbocycles. The van der Waals surface area contributed by atoms with Crippen LogP contribution in [0, 0.1) is 0 Å². The minimum absolute atomic E-state index is 0. The van der Waals surface area contributed by atoms with Gasteiger partial charge in [-0.3, -0.25) is 9.27 Å². The predicted molar refractivity (Wildman–Crippen MR) is 43.1 cm³/mol. The molecule has 0 aliphatic heterocycles. The fourth-order valence-electron chi connectivity index (χ4n) is 0. The highest BCUT2D eigenvalue weighted by Crippen LogP contribution is 1.85. The average Bonchev–Trinajstić information content (AvgIpc) is 1.41. The van der Waals surface area contributed by atoms with E-state index >= 15 is 0 Å². The van der Waals surface area contributed by atoms with Gasteiger partial charge in [-0.15, -0.1) is 0 Å². The van der Waals surface area contributed by atoms with Crippen molar-refractivity contribution in [3.05, 3.63) is 12.7 Å². The summed E-state index contributed by atoms with van der Waals surface area (Å²) in [5.41, 5.74) is 0. The van der Waals surface area contributed by atoms with Gasteiger partial charge in [0.2, 0.25) is 0 Å². The lowest BCUT2D eigenvalue weighted by Gasteiger charge is -1.54. The van der Waals surface area contributed by atoms with Gasteiger partial charge in [-0.2, -0.15) is 8.78 Å². The molecule has 0 unspecified atom stereocenters. The van der Waals surface area contributed by atoms with E-state index in [0.29, 0.717) is 0 Å². The van der Waals surface area contributed by atoms with Crippen LogP contribution in [0.15, 0.2) is 12.7 Å². The zero-order valence-corrected chi connectivity index (χ0v) is 4.28. The highest BCUT2D eigenvalue weighted by Gasteiger charge is 1.65. The Morgan fingerprint density at radius 1 is 1.10 bits per heavy atom. The van der Waals surface area contributed by atoms with Crippen molar-refractivity contribution in [2.45, 2.75) is 22.3 Å². The minimum Gasteiger partial charge on any atom is -0.279 e. The second-order valence-electron chi connectivity index (χ2n) is 0.339. The summed E-state index contributed by atoms with van der Waals surface area (Å²) in [6.45, 7) is 2.22. The standard InChI is InChI=1S/C2H2F2.3CH4.FH.HOP/c1-2(3)4;;;;;1-2/h1H2;3*1H4;1H;2H. The lowest BCUT2D eigenvalue weighted by molar-refractivity contribution is 0.426. The first-order chi connectivity index (χ1) is 2.73.